The Kier molecular flexibility index (Phi) is 5.87. The van der Waals surface area contributed by atoms with Gasteiger partial charge in [0.05, 0.1) is 5.69 Å². The quantitative estimate of drug-likeness (QED) is 0.545. The van der Waals surface area contributed by atoms with Gasteiger partial charge < -0.3 is 10.6 Å². The topological polar surface area (TPSA) is 78.9 Å². The van der Waals surface area contributed by atoms with Crippen LogP contribution in [0.25, 0.3) is 10.9 Å². The summed E-state index contributed by atoms with van der Waals surface area (Å²) in [5, 5.41) is 9.58. The van der Waals surface area contributed by atoms with Crippen molar-refractivity contribution < 1.29 is 9.18 Å². The molecule has 1 aliphatic heterocycles. The molecule has 0 atom stereocenters. The van der Waals surface area contributed by atoms with Crippen LogP contribution in [-0.2, 0) is 5.41 Å². The second kappa shape index (κ2) is 8.59. The predicted octanol–water partition coefficient (Wildman–Crippen LogP) is 5.18. The number of benzene rings is 1. The van der Waals surface area contributed by atoms with Gasteiger partial charge >= 0.3 is 6.03 Å². The molecule has 1 aromatic carbocycles. The summed E-state index contributed by atoms with van der Waals surface area (Å²) >= 11 is 0. The summed E-state index contributed by atoms with van der Waals surface area (Å²) in [5.74, 6) is 0.448. The van der Waals surface area contributed by atoms with Crippen molar-refractivity contribution in [2.24, 2.45) is 0 Å². The molecule has 6 nitrogen and oxygen atoms in total. The molecule has 0 saturated carbocycles. The molecule has 4 rings (SSSR count). The van der Waals surface area contributed by atoms with Gasteiger partial charge in [-0.3, -0.25) is 10.3 Å². The number of nitrogens with zero attached hydrogens (tertiary/aromatic N) is 2. The zero-order valence-electron chi connectivity index (χ0n) is 18.1. The summed E-state index contributed by atoms with van der Waals surface area (Å²) in [5.41, 5.74) is 2.95. The predicted molar refractivity (Wildman–Crippen MR) is 122 cm³/mol. The van der Waals surface area contributed by atoms with E-state index in [0.29, 0.717) is 22.8 Å². The van der Waals surface area contributed by atoms with Crippen molar-refractivity contribution in [2.45, 2.75) is 44.9 Å². The van der Waals surface area contributed by atoms with Gasteiger partial charge in [-0.25, -0.2) is 14.2 Å². The molecule has 3 heterocycles. The normalized spacial score (nSPS) is 15.1. The van der Waals surface area contributed by atoms with Gasteiger partial charge in [0.1, 0.15) is 17.2 Å². The van der Waals surface area contributed by atoms with Gasteiger partial charge in [-0.05, 0) is 55.1 Å². The van der Waals surface area contributed by atoms with Crippen LogP contribution in [-0.4, -0.2) is 29.1 Å². The molecule has 3 aromatic rings. The largest absolute Gasteiger partial charge is 0.324 e. The fourth-order valence-electron chi connectivity index (χ4n) is 4.10. The number of fused-ring (bicyclic) bond motifs is 1. The van der Waals surface area contributed by atoms with Crippen molar-refractivity contribution in [3.05, 3.63) is 59.7 Å². The lowest BCUT2D eigenvalue weighted by Crippen LogP contribution is -2.29. The number of anilines is 2. The van der Waals surface area contributed by atoms with E-state index >= 15 is 0 Å². The zero-order valence-corrected chi connectivity index (χ0v) is 18.1. The highest BCUT2D eigenvalue weighted by molar-refractivity contribution is 6.05. The van der Waals surface area contributed by atoms with Gasteiger partial charge in [0.15, 0.2) is 0 Å². The first-order valence-corrected chi connectivity index (χ1v) is 10.7. The number of halogens is 1. The van der Waals surface area contributed by atoms with Crippen LogP contribution < -0.4 is 16.0 Å². The van der Waals surface area contributed by atoms with Gasteiger partial charge in [0.25, 0.3) is 0 Å². The molecule has 0 spiro atoms. The highest BCUT2D eigenvalue weighted by Crippen LogP contribution is 2.34. The number of nitrogens with one attached hydrogen (secondary N) is 3. The van der Waals surface area contributed by atoms with Crippen molar-refractivity contribution in [3.63, 3.8) is 0 Å². The fraction of sp³-hybridized carbons (Fsp3) is 0.375. The van der Waals surface area contributed by atoms with Gasteiger partial charge in [-0.15, -0.1) is 0 Å². The number of hydrogen-bond donors (Lipinski definition) is 3. The smallest absolute Gasteiger partial charge is 0.317 e. The zero-order chi connectivity index (χ0) is 22.0. The minimum atomic E-state index is -0.427. The van der Waals surface area contributed by atoms with E-state index in [9.17, 15) is 9.18 Å². The lowest BCUT2D eigenvalue weighted by Gasteiger charge is -2.29. The van der Waals surface area contributed by atoms with E-state index in [-0.39, 0.29) is 10.9 Å². The number of piperidine rings is 1. The van der Waals surface area contributed by atoms with E-state index < -0.39 is 11.8 Å². The maximum atomic E-state index is 14.0. The van der Waals surface area contributed by atoms with Crippen LogP contribution in [0, 0.1) is 5.82 Å². The summed E-state index contributed by atoms with van der Waals surface area (Å²) < 4.78 is 14.0. The summed E-state index contributed by atoms with van der Waals surface area (Å²) in [4.78, 5) is 21.6. The Morgan fingerprint density at radius 3 is 2.61 bits per heavy atom. The number of aromatic nitrogens is 2. The molecule has 1 fully saturated rings. The minimum Gasteiger partial charge on any atom is -0.317 e. The molecule has 31 heavy (non-hydrogen) atoms. The van der Waals surface area contributed by atoms with Gasteiger partial charge in [-0.2, -0.15) is 0 Å². The summed E-state index contributed by atoms with van der Waals surface area (Å²) in [7, 11) is 0. The number of pyridine rings is 2. The van der Waals surface area contributed by atoms with Crippen molar-refractivity contribution in [1.82, 2.24) is 15.3 Å². The molecule has 0 unspecified atom stereocenters. The first-order chi connectivity index (χ1) is 14.8. The molecule has 0 aliphatic carbocycles. The van der Waals surface area contributed by atoms with E-state index in [1.54, 1.807) is 18.2 Å². The third-order valence-electron chi connectivity index (χ3n) is 5.67. The number of hydrogen-bond acceptors (Lipinski definition) is 4. The van der Waals surface area contributed by atoms with E-state index in [1.165, 1.54) is 17.8 Å². The van der Waals surface area contributed by atoms with Gasteiger partial charge in [-0.1, -0.05) is 39.0 Å². The summed E-state index contributed by atoms with van der Waals surface area (Å²) in [6.07, 6.45) is 3.53. The second-order valence-electron chi connectivity index (χ2n) is 8.98. The Balaban J connectivity index is 1.58. The van der Waals surface area contributed by atoms with Crippen molar-refractivity contribution in [1.29, 1.82) is 0 Å². The molecule has 0 radical (unpaired) electrons. The highest BCUT2D eigenvalue weighted by Gasteiger charge is 2.26. The molecule has 1 saturated heterocycles. The van der Waals surface area contributed by atoms with Crippen LogP contribution in [0.4, 0.5) is 20.7 Å². The molecule has 162 valence electrons. The van der Waals surface area contributed by atoms with Crippen molar-refractivity contribution in [3.8, 4) is 0 Å². The Morgan fingerprint density at radius 2 is 1.87 bits per heavy atom. The standard InChI is InChI=1S/C24H28FN5O/c1-24(2,3)17-7-8-20(29-21(17)15-9-12-26-13-10-15)30-23(31)28-19-11-14-27-22-16(19)5-4-6-18(22)25/h4-8,11,14-15,26H,9-10,12-13H2,1-3H3,(H2,27,28,29,30,31). The van der Waals surface area contributed by atoms with Gasteiger partial charge in [0.2, 0.25) is 0 Å². The van der Waals surface area contributed by atoms with Crippen LogP contribution in [0.3, 0.4) is 0 Å². The first kappa shape index (κ1) is 21.2. The van der Waals surface area contributed by atoms with E-state index in [1.807, 2.05) is 6.07 Å². The van der Waals surface area contributed by atoms with E-state index in [4.69, 9.17) is 4.98 Å². The number of urea groups is 1. The Labute approximate surface area is 181 Å². The van der Waals surface area contributed by atoms with Crippen molar-refractivity contribution >= 4 is 28.4 Å². The van der Waals surface area contributed by atoms with E-state index in [0.717, 1.165) is 31.6 Å². The van der Waals surface area contributed by atoms with Crippen molar-refractivity contribution in [2.75, 3.05) is 23.7 Å². The average Bonchev–Trinajstić information content (AvgIpc) is 2.74. The Hall–Kier alpha value is -3.06. The molecule has 7 heteroatoms. The Morgan fingerprint density at radius 1 is 1.10 bits per heavy atom. The monoisotopic (exact) mass is 421 g/mol. The van der Waals surface area contributed by atoms with Crippen LogP contribution in [0.5, 0.6) is 0 Å². The number of carbonyl (C=O) groups is 1. The molecular weight excluding hydrogens is 393 g/mol. The van der Waals surface area contributed by atoms with Crippen LogP contribution in [0.15, 0.2) is 42.6 Å². The molecule has 3 N–H and O–H groups in total. The lowest BCUT2D eigenvalue weighted by atomic mass is 9.80. The first-order valence-electron chi connectivity index (χ1n) is 10.7. The molecule has 1 aliphatic rings. The lowest BCUT2D eigenvalue weighted by molar-refractivity contribution is 0.262. The second-order valence-corrected chi connectivity index (χ2v) is 8.98. The van der Waals surface area contributed by atoms with Gasteiger partial charge in [0, 0.05) is 23.2 Å². The highest BCUT2D eigenvalue weighted by atomic mass is 19.1. The fourth-order valence-corrected chi connectivity index (χ4v) is 4.10. The molecular formula is C24H28FN5O. The molecule has 0 bridgehead atoms. The summed E-state index contributed by atoms with van der Waals surface area (Å²) in [6.45, 7) is 8.49. The third-order valence-corrected chi connectivity index (χ3v) is 5.67. The number of para-hydroxylation sites is 1. The van der Waals surface area contributed by atoms with Crippen LogP contribution in [0.1, 0.15) is 50.8 Å². The summed E-state index contributed by atoms with van der Waals surface area (Å²) in [6, 6.07) is 9.81. The number of carbonyl (C=O) groups excluding carboxylic acids is 1. The SMILES string of the molecule is CC(C)(C)c1ccc(NC(=O)Nc2ccnc3c(F)cccc23)nc1C1CCNCC1. The maximum absolute atomic E-state index is 14.0. The molecule has 2 amide bonds. The molecule has 2 aromatic heterocycles. The van der Waals surface area contributed by atoms with Crippen LogP contribution in [0.2, 0.25) is 0 Å². The number of rotatable bonds is 3. The minimum absolute atomic E-state index is 0.0337. The Bertz CT molecular complexity index is 1100. The number of amides is 2. The maximum Gasteiger partial charge on any atom is 0.324 e. The van der Waals surface area contributed by atoms with E-state index in [2.05, 4.69) is 47.8 Å². The third kappa shape index (κ3) is 4.66. The average molecular weight is 422 g/mol. The van der Waals surface area contributed by atoms with Crippen LogP contribution >= 0.6 is 0 Å².